The van der Waals surface area contributed by atoms with Crippen LogP contribution in [0.4, 0.5) is 0 Å². The zero-order chi connectivity index (χ0) is 18.8. The Bertz CT molecular complexity index is 1070. The fourth-order valence-corrected chi connectivity index (χ4v) is 3.04. The second-order valence-electron chi connectivity index (χ2n) is 5.95. The smallest absolute Gasteiger partial charge is 0.363 e. The highest BCUT2D eigenvalue weighted by Gasteiger charge is 2.24. The molecule has 0 bridgehead atoms. The van der Waals surface area contributed by atoms with Crippen molar-refractivity contribution in [2.24, 2.45) is 4.99 Å². The van der Waals surface area contributed by atoms with Gasteiger partial charge in [0.1, 0.15) is 0 Å². The van der Waals surface area contributed by atoms with E-state index in [0.717, 1.165) is 22.3 Å². The predicted molar refractivity (Wildman–Crippen MR) is 109 cm³/mol. The molecule has 0 amide bonds. The van der Waals surface area contributed by atoms with Gasteiger partial charge in [0.15, 0.2) is 5.70 Å². The molecular weight excluding hydrogens is 381 g/mol. The van der Waals surface area contributed by atoms with Gasteiger partial charge in [-0.1, -0.05) is 71.7 Å². The summed E-state index contributed by atoms with van der Waals surface area (Å²) < 4.78 is 5.32. The number of nitrogens with zero attached hydrogens (tertiary/aromatic N) is 1. The minimum atomic E-state index is -0.497. The highest BCUT2D eigenvalue weighted by atomic mass is 35.5. The molecule has 3 aromatic rings. The number of aliphatic imine (C=N–C) groups is 1. The van der Waals surface area contributed by atoms with Crippen molar-refractivity contribution in [3.05, 3.63) is 99.7 Å². The summed E-state index contributed by atoms with van der Waals surface area (Å²) in [6.45, 7) is 0. The van der Waals surface area contributed by atoms with Crippen LogP contribution in [-0.2, 0) is 9.53 Å². The zero-order valence-electron chi connectivity index (χ0n) is 14.0. The summed E-state index contributed by atoms with van der Waals surface area (Å²) in [5, 5.41) is 0.869. The molecule has 0 aromatic heterocycles. The number of carbonyl (C=O) groups is 1. The molecule has 3 aromatic carbocycles. The molecule has 0 saturated carbocycles. The molecule has 132 valence electrons. The van der Waals surface area contributed by atoms with E-state index in [1.54, 1.807) is 24.3 Å². The van der Waals surface area contributed by atoms with E-state index in [9.17, 15) is 4.79 Å². The van der Waals surface area contributed by atoms with Crippen LogP contribution in [0.5, 0.6) is 0 Å². The Kier molecular flexibility index (Phi) is 4.80. The Morgan fingerprint density at radius 1 is 0.778 bits per heavy atom. The normalized spacial score (nSPS) is 15.0. The van der Waals surface area contributed by atoms with Crippen LogP contribution in [0, 0.1) is 0 Å². The van der Waals surface area contributed by atoms with Crippen molar-refractivity contribution in [1.29, 1.82) is 0 Å². The van der Waals surface area contributed by atoms with Crippen molar-refractivity contribution < 1.29 is 9.53 Å². The van der Waals surface area contributed by atoms with Crippen molar-refractivity contribution in [2.45, 2.75) is 0 Å². The van der Waals surface area contributed by atoms with Crippen molar-refractivity contribution in [3.8, 4) is 11.1 Å². The summed E-state index contributed by atoms with van der Waals surface area (Å²) in [6, 6.07) is 22.9. The molecule has 1 aliphatic rings. The van der Waals surface area contributed by atoms with Gasteiger partial charge >= 0.3 is 5.97 Å². The van der Waals surface area contributed by atoms with Crippen LogP contribution in [0.25, 0.3) is 17.2 Å². The fourth-order valence-electron chi connectivity index (χ4n) is 2.73. The summed E-state index contributed by atoms with van der Waals surface area (Å²) in [5.74, 6) is -0.214. The maximum Gasteiger partial charge on any atom is 0.363 e. The minimum absolute atomic E-state index is 0.218. The van der Waals surface area contributed by atoms with E-state index in [-0.39, 0.29) is 11.6 Å². The molecule has 5 heteroatoms. The lowest BCUT2D eigenvalue weighted by Crippen LogP contribution is -2.05. The SMILES string of the molecule is O=C1OC(c2ccc(-c3ccccc3)cc2)=N/C1=C\c1ccc(Cl)c(Cl)c1. The summed E-state index contributed by atoms with van der Waals surface area (Å²) >= 11 is 11.9. The third-order valence-corrected chi connectivity index (χ3v) is 4.85. The summed E-state index contributed by atoms with van der Waals surface area (Å²) in [4.78, 5) is 16.5. The Morgan fingerprint density at radius 3 is 2.15 bits per heavy atom. The Labute approximate surface area is 166 Å². The number of esters is 1. The van der Waals surface area contributed by atoms with Crippen LogP contribution in [0.2, 0.25) is 10.0 Å². The van der Waals surface area contributed by atoms with Gasteiger partial charge in [0.25, 0.3) is 0 Å². The monoisotopic (exact) mass is 393 g/mol. The number of rotatable bonds is 3. The van der Waals surface area contributed by atoms with E-state index in [1.165, 1.54) is 0 Å². The molecule has 0 atom stereocenters. The molecule has 1 aliphatic heterocycles. The van der Waals surface area contributed by atoms with Crippen LogP contribution in [0.3, 0.4) is 0 Å². The molecule has 0 fully saturated rings. The van der Waals surface area contributed by atoms with Crippen molar-refractivity contribution in [3.63, 3.8) is 0 Å². The fraction of sp³-hybridized carbons (Fsp3) is 0. The van der Waals surface area contributed by atoms with Crippen LogP contribution in [-0.4, -0.2) is 11.9 Å². The number of hydrogen-bond acceptors (Lipinski definition) is 3. The second-order valence-corrected chi connectivity index (χ2v) is 6.77. The van der Waals surface area contributed by atoms with Crippen molar-refractivity contribution >= 4 is 41.1 Å². The van der Waals surface area contributed by atoms with Crippen molar-refractivity contribution in [1.82, 2.24) is 0 Å². The Morgan fingerprint density at radius 2 is 1.44 bits per heavy atom. The second kappa shape index (κ2) is 7.39. The number of benzene rings is 3. The highest BCUT2D eigenvalue weighted by Crippen LogP contribution is 2.26. The molecule has 3 nitrogen and oxygen atoms in total. The van der Waals surface area contributed by atoms with Crippen molar-refractivity contribution in [2.75, 3.05) is 0 Å². The first kappa shape index (κ1) is 17.5. The van der Waals surface area contributed by atoms with Gasteiger partial charge in [0, 0.05) is 5.56 Å². The lowest BCUT2D eigenvalue weighted by atomic mass is 10.0. The van der Waals surface area contributed by atoms with Crippen LogP contribution < -0.4 is 0 Å². The van der Waals surface area contributed by atoms with E-state index in [1.807, 2.05) is 54.6 Å². The van der Waals surface area contributed by atoms with Gasteiger partial charge in [-0.05, 0) is 47.0 Å². The van der Waals surface area contributed by atoms with Gasteiger partial charge in [0.05, 0.1) is 10.0 Å². The lowest BCUT2D eigenvalue weighted by molar-refractivity contribution is -0.129. The van der Waals surface area contributed by atoms with Crippen LogP contribution >= 0.6 is 23.2 Å². The van der Waals surface area contributed by atoms with E-state index in [2.05, 4.69) is 4.99 Å². The van der Waals surface area contributed by atoms with E-state index in [4.69, 9.17) is 27.9 Å². The summed E-state index contributed by atoms with van der Waals surface area (Å²) in [6.07, 6.45) is 1.62. The summed E-state index contributed by atoms with van der Waals surface area (Å²) in [5.41, 5.74) is 3.88. The third kappa shape index (κ3) is 3.80. The number of hydrogen-bond donors (Lipinski definition) is 0. The molecule has 0 aliphatic carbocycles. The predicted octanol–water partition coefficient (Wildman–Crippen LogP) is 6.00. The molecule has 1 heterocycles. The molecule has 4 rings (SSSR count). The molecule has 0 unspecified atom stereocenters. The number of carbonyl (C=O) groups excluding carboxylic acids is 1. The van der Waals surface area contributed by atoms with Gasteiger partial charge in [-0.25, -0.2) is 9.79 Å². The number of ether oxygens (including phenoxy) is 1. The van der Waals surface area contributed by atoms with Gasteiger partial charge in [-0.15, -0.1) is 0 Å². The van der Waals surface area contributed by atoms with Crippen LogP contribution in [0.15, 0.2) is 83.5 Å². The average molecular weight is 394 g/mol. The molecule has 27 heavy (non-hydrogen) atoms. The zero-order valence-corrected chi connectivity index (χ0v) is 15.5. The standard InChI is InChI=1S/C22H13Cl2NO2/c23-18-11-6-14(12-19(18)24)13-20-22(26)27-21(25-20)17-9-7-16(8-10-17)15-4-2-1-3-5-15/h1-13H/b20-13-. The molecule has 0 spiro atoms. The number of halogens is 2. The van der Waals surface area contributed by atoms with E-state index in [0.29, 0.717) is 10.0 Å². The van der Waals surface area contributed by atoms with E-state index < -0.39 is 5.97 Å². The lowest BCUT2D eigenvalue weighted by Gasteiger charge is -2.03. The first-order valence-electron chi connectivity index (χ1n) is 8.23. The van der Waals surface area contributed by atoms with E-state index >= 15 is 0 Å². The molecule has 0 saturated heterocycles. The maximum atomic E-state index is 12.1. The first-order valence-corrected chi connectivity index (χ1v) is 8.99. The third-order valence-electron chi connectivity index (χ3n) is 4.11. The molecule has 0 radical (unpaired) electrons. The van der Waals surface area contributed by atoms with Crippen LogP contribution in [0.1, 0.15) is 11.1 Å². The molecule has 0 N–H and O–H groups in total. The van der Waals surface area contributed by atoms with Gasteiger partial charge < -0.3 is 4.74 Å². The Hall–Kier alpha value is -2.88. The Balaban J connectivity index is 1.61. The molecular formula is C22H13Cl2NO2. The first-order chi connectivity index (χ1) is 13.1. The van der Waals surface area contributed by atoms with Gasteiger partial charge in [-0.3, -0.25) is 0 Å². The minimum Gasteiger partial charge on any atom is -0.402 e. The average Bonchev–Trinajstić information content (AvgIpc) is 3.06. The quantitative estimate of drug-likeness (QED) is 0.403. The van der Waals surface area contributed by atoms with Gasteiger partial charge in [-0.2, -0.15) is 0 Å². The highest BCUT2D eigenvalue weighted by molar-refractivity contribution is 6.42. The number of cyclic esters (lactones) is 1. The topological polar surface area (TPSA) is 38.7 Å². The maximum absolute atomic E-state index is 12.1. The summed E-state index contributed by atoms with van der Waals surface area (Å²) in [7, 11) is 0. The largest absolute Gasteiger partial charge is 0.402 e. The van der Waals surface area contributed by atoms with Gasteiger partial charge in [0.2, 0.25) is 5.90 Å².